The third-order valence-electron chi connectivity index (χ3n) is 3.12. The maximum Gasteiger partial charge on any atom is 0.137 e. The fraction of sp³-hybridized carbons (Fsp3) is 0.462. The van der Waals surface area contributed by atoms with Gasteiger partial charge in [0.05, 0.1) is 6.54 Å². The number of thiazole rings is 1. The van der Waals surface area contributed by atoms with E-state index in [0.717, 1.165) is 27.9 Å². The maximum atomic E-state index is 6.17. The number of halogens is 1. The first-order valence-corrected chi connectivity index (χ1v) is 7.58. The minimum Gasteiger partial charge on any atom is -0.363 e. The monoisotopic (exact) mass is 294 g/mol. The van der Waals surface area contributed by atoms with Gasteiger partial charge in [-0.3, -0.25) is 0 Å². The number of hydrogen-bond acceptors (Lipinski definition) is 5. The molecule has 1 aliphatic carbocycles. The zero-order valence-electron chi connectivity index (χ0n) is 10.9. The van der Waals surface area contributed by atoms with Crippen LogP contribution < -0.4 is 5.32 Å². The van der Waals surface area contributed by atoms with E-state index >= 15 is 0 Å². The predicted molar refractivity (Wildman–Crippen MR) is 77.9 cm³/mol. The van der Waals surface area contributed by atoms with Gasteiger partial charge in [-0.2, -0.15) is 0 Å². The van der Waals surface area contributed by atoms with E-state index < -0.39 is 0 Å². The van der Waals surface area contributed by atoms with E-state index in [1.54, 1.807) is 11.3 Å². The van der Waals surface area contributed by atoms with Crippen molar-refractivity contribution in [3.05, 3.63) is 32.6 Å². The second kappa shape index (κ2) is 5.06. The maximum absolute atomic E-state index is 6.17. The number of aryl methyl sites for hydroxylation is 1. The summed E-state index contributed by atoms with van der Waals surface area (Å²) < 4.78 is 0. The molecule has 3 rings (SSSR count). The lowest BCUT2D eigenvalue weighted by Crippen LogP contribution is -2.07. The Morgan fingerprint density at radius 3 is 2.74 bits per heavy atom. The highest BCUT2D eigenvalue weighted by Gasteiger charge is 2.28. The van der Waals surface area contributed by atoms with Crippen LogP contribution >= 0.6 is 22.9 Å². The van der Waals surface area contributed by atoms with E-state index in [-0.39, 0.29) is 0 Å². The van der Waals surface area contributed by atoms with E-state index in [9.17, 15) is 0 Å². The number of nitrogens with zero attached hydrogens (tertiary/aromatic N) is 3. The van der Waals surface area contributed by atoms with Crippen molar-refractivity contribution in [3.8, 4) is 0 Å². The molecule has 2 aromatic heterocycles. The number of rotatable bonds is 4. The summed E-state index contributed by atoms with van der Waals surface area (Å²) in [6, 6.07) is 0. The largest absolute Gasteiger partial charge is 0.363 e. The molecule has 0 atom stereocenters. The Kier molecular flexibility index (Phi) is 3.41. The SMILES string of the molecule is Cc1csc(CNc2nc(C3CC3)nc(Cl)c2C)n1. The standard InChI is InChI=1S/C13H15ClN4S/c1-7-6-19-10(16-7)5-15-12-8(2)11(14)17-13(18-12)9-3-4-9/h6,9H,3-5H2,1-2H3,(H,15,17,18). The Labute approximate surface area is 121 Å². The summed E-state index contributed by atoms with van der Waals surface area (Å²) in [5, 5.41) is 6.97. The Hall–Kier alpha value is -1.20. The number of hydrogen-bond donors (Lipinski definition) is 1. The van der Waals surface area contributed by atoms with Gasteiger partial charge in [-0.1, -0.05) is 11.6 Å². The van der Waals surface area contributed by atoms with Crippen LogP contribution in [0, 0.1) is 13.8 Å². The summed E-state index contributed by atoms with van der Waals surface area (Å²) >= 11 is 7.82. The van der Waals surface area contributed by atoms with E-state index in [2.05, 4.69) is 20.3 Å². The summed E-state index contributed by atoms with van der Waals surface area (Å²) in [6.45, 7) is 4.61. The lowest BCUT2D eigenvalue weighted by molar-refractivity contribution is 0.910. The van der Waals surface area contributed by atoms with Gasteiger partial charge in [0.15, 0.2) is 0 Å². The molecule has 0 radical (unpaired) electrons. The molecule has 0 spiro atoms. The van der Waals surface area contributed by atoms with Crippen molar-refractivity contribution in [1.29, 1.82) is 0 Å². The van der Waals surface area contributed by atoms with Crippen molar-refractivity contribution in [2.75, 3.05) is 5.32 Å². The Morgan fingerprint density at radius 2 is 2.11 bits per heavy atom. The first kappa shape index (κ1) is 12.8. The molecule has 1 N–H and O–H groups in total. The van der Waals surface area contributed by atoms with Crippen LogP contribution in [0.1, 0.15) is 40.8 Å². The smallest absolute Gasteiger partial charge is 0.137 e. The zero-order valence-corrected chi connectivity index (χ0v) is 12.5. The van der Waals surface area contributed by atoms with E-state index in [1.165, 1.54) is 12.8 Å². The highest BCUT2D eigenvalue weighted by Crippen LogP contribution is 2.39. The molecule has 0 bridgehead atoms. The van der Waals surface area contributed by atoms with Crippen LogP contribution in [0.2, 0.25) is 5.15 Å². The summed E-state index contributed by atoms with van der Waals surface area (Å²) in [4.78, 5) is 13.4. The molecule has 2 heterocycles. The first-order valence-electron chi connectivity index (χ1n) is 6.32. The molecule has 4 nitrogen and oxygen atoms in total. The minimum absolute atomic E-state index is 0.501. The van der Waals surface area contributed by atoms with Crippen LogP contribution in [0.25, 0.3) is 0 Å². The van der Waals surface area contributed by atoms with Crippen molar-refractivity contribution in [2.24, 2.45) is 0 Å². The number of aromatic nitrogens is 3. The molecule has 2 aromatic rings. The molecule has 6 heteroatoms. The number of nitrogens with one attached hydrogen (secondary N) is 1. The van der Waals surface area contributed by atoms with Crippen LogP contribution in [0.5, 0.6) is 0 Å². The zero-order chi connectivity index (χ0) is 13.4. The molecule has 100 valence electrons. The molecule has 1 aliphatic rings. The third-order valence-corrected chi connectivity index (χ3v) is 4.45. The van der Waals surface area contributed by atoms with E-state index in [0.29, 0.717) is 17.6 Å². The van der Waals surface area contributed by atoms with Gasteiger partial charge in [-0.25, -0.2) is 15.0 Å². The molecule has 1 fully saturated rings. The normalized spacial score (nSPS) is 14.7. The van der Waals surface area contributed by atoms with E-state index in [1.807, 2.05) is 19.2 Å². The predicted octanol–water partition coefficient (Wildman–Crippen LogP) is 3.69. The van der Waals surface area contributed by atoms with Gasteiger partial charge in [-0.15, -0.1) is 11.3 Å². The Morgan fingerprint density at radius 1 is 1.32 bits per heavy atom. The van der Waals surface area contributed by atoms with Crippen molar-refractivity contribution in [1.82, 2.24) is 15.0 Å². The molecule has 1 saturated carbocycles. The fourth-order valence-corrected chi connectivity index (χ4v) is 2.73. The average Bonchev–Trinajstić information content (AvgIpc) is 3.15. The van der Waals surface area contributed by atoms with Crippen molar-refractivity contribution in [3.63, 3.8) is 0 Å². The third kappa shape index (κ3) is 2.87. The molecule has 0 saturated heterocycles. The number of anilines is 1. The van der Waals surface area contributed by atoms with Crippen molar-refractivity contribution >= 4 is 28.8 Å². The van der Waals surface area contributed by atoms with Gasteiger partial charge in [0, 0.05) is 22.6 Å². The fourth-order valence-electron chi connectivity index (χ4n) is 1.84. The minimum atomic E-state index is 0.501. The quantitative estimate of drug-likeness (QED) is 0.874. The summed E-state index contributed by atoms with van der Waals surface area (Å²) in [5.41, 5.74) is 1.96. The highest BCUT2D eigenvalue weighted by atomic mass is 35.5. The van der Waals surface area contributed by atoms with Crippen LogP contribution in [0.4, 0.5) is 5.82 Å². The first-order chi connectivity index (χ1) is 9.13. The Balaban J connectivity index is 1.79. The average molecular weight is 295 g/mol. The topological polar surface area (TPSA) is 50.7 Å². The highest BCUT2D eigenvalue weighted by molar-refractivity contribution is 7.09. The van der Waals surface area contributed by atoms with Gasteiger partial charge in [0.2, 0.25) is 0 Å². The lowest BCUT2D eigenvalue weighted by Gasteiger charge is -2.10. The summed E-state index contributed by atoms with van der Waals surface area (Å²) in [6.07, 6.45) is 2.34. The molecule has 0 aliphatic heterocycles. The van der Waals surface area contributed by atoms with Crippen molar-refractivity contribution < 1.29 is 0 Å². The second-order valence-corrected chi connectivity index (χ2v) is 6.16. The molecule has 19 heavy (non-hydrogen) atoms. The van der Waals surface area contributed by atoms with Gasteiger partial charge < -0.3 is 5.32 Å². The molecule has 0 amide bonds. The molecule has 0 unspecified atom stereocenters. The van der Waals surface area contributed by atoms with E-state index in [4.69, 9.17) is 11.6 Å². The van der Waals surface area contributed by atoms with Crippen LogP contribution in [0.15, 0.2) is 5.38 Å². The van der Waals surface area contributed by atoms with Crippen LogP contribution in [0.3, 0.4) is 0 Å². The van der Waals surface area contributed by atoms with Crippen LogP contribution in [-0.2, 0) is 6.54 Å². The van der Waals surface area contributed by atoms with Gasteiger partial charge in [0.1, 0.15) is 21.8 Å². The molecular weight excluding hydrogens is 280 g/mol. The van der Waals surface area contributed by atoms with Crippen LogP contribution in [-0.4, -0.2) is 15.0 Å². The lowest BCUT2D eigenvalue weighted by atomic mass is 10.3. The van der Waals surface area contributed by atoms with Gasteiger partial charge in [-0.05, 0) is 26.7 Å². The second-order valence-electron chi connectivity index (χ2n) is 4.86. The molecule has 0 aromatic carbocycles. The van der Waals surface area contributed by atoms with Crippen molar-refractivity contribution in [2.45, 2.75) is 39.2 Å². The summed E-state index contributed by atoms with van der Waals surface area (Å²) in [5.74, 6) is 2.20. The summed E-state index contributed by atoms with van der Waals surface area (Å²) in [7, 11) is 0. The molecular formula is C13H15ClN4S. The van der Waals surface area contributed by atoms with Gasteiger partial charge >= 0.3 is 0 Å². The van der Waals surface area contributed by atoms with Gasteiger partial charge in [0.25, 0.3) is 0 Å². The Bertz CT molecular complexity index is 607.